The average Bonchev–Trinajstić information content (AvgIpc) is 2.41. The second-order valence-electron chi connectivity index (χ2n) is 4.54. The summed E-state index contributed by atoms with van der Waals surface area (Å²) in [5, 5.41) is 11.1. The van der Waals surface area contributed by atoms with Crippen molar-refractivity contribution in [1.82, 2.24) is 9.97 Å². The van der Waals surface area contributed by atoms with Crippen LogP contribution in [0.2, 0.25) is 0 Å². The molecule has 0 amide bonds. The predicted molar refractivity (Wildman–Crippen MR) is 83.8 cm³/mol. The second kappa shape index (κ2) is 5.70. The lowest BCUT2D eigenvalue weighted by molar-refractivity contribution is -0.384. The van der Waals surface area contributed by atoms with E-state index in [1.807, 2.05) is 36.4 Å². The first kappa shape index (κ1) is 14.6. The summed E-state index contributed by atoms with van der Waals surface area (Å²) >= 11 is 1.94. The van der Waals surface area contributed by atoms with Gasteiger partial charge in [-0.3, -0.25) is 14.9 Å². The molecule has 0 aliphatic rings. The molecule has 1 aromatic carbocycles. The van der Waals surface area contributed by atoms with Gasteiger partial charge in [0.15, 0.2) is 0 Å². The number of rotatable bonds is 3. The number of aromatic amines is 1. The molecule has 20 heavy (non-hydrogen) atoms. The molecule has 1 heterocycles. The van der Waals surface area contributed by atoms with Crippen molar-refractivity contribution in [3.63, 3.8) is 0 Å². The first-order valence-electron chi connectivity index (χ1n) is 5.95. The minimum Gasteiger partial charge on any atom is -0.305 e. The van der Waals surface area contributed by atoms with Gasteiger partial charge in [0, 0.05) is 6.07 Å². The van der Waals surface area contributed by atoms with Crippen molar-refractivity contribution in [2.45, 2.75) is 19.8 Å². The van der Waals surface area contributed by atoms with Crippen LogP contribution in [-0.2, 0) is 0 Å². The number of halogens is 1. The molecule has 0 saturated heterocycles. The van der Waals surface area contributed by atoms with E-state index in [0.29, 0.717) is 14.8 Å². The van der Waals surface area contributed by atoms with E-state index >= 15 is 0 Å². The van der Waals surface area contributed by atoms with Crippen LogP contribution in [-0.4, -0.2) is 14.9 Å². The second-order valence-corrected chi connectivity index (χ2v) is 5.62. The van der Waals surface area contributed by atoms with E-state index in [4.69, 9.17) is 0 Å². The highest BCUT2D eigenvalue weighted by molar-refractivity contribution is 14.1. The van der Waals surface area contributed by atoms with Crippen molar-refractivity contribution in [2.24, 2.45) is 0 Å². The minimum atomic E-state index is -0.484. The summed E-state index contributed by atoms with van der Waals surface area (Å²) < 4.78 is 0.514. The molecule has 1 aromatic heterocycles. The quantitative estimate of drug-likeness (QED) is 0.500. The maximum atomic E-state index is 11.9. The van der Waals surface area contributed by atoms with E-state index in [9.17, 15) is 14.9 Å². The Labute approximate surface area is 128 Å². The van der Waals surface area contributed by atoms with Crippen molar-refractivity contribution in [1.29, 1.82) is 0 Å². The normalized spacial score (nSPS) is 10.8. The molecule has 0 aliphatic heterocycles. The topological polar surface area (TPSA) is 88.9 Å². The van der Waals surface area contributed by atoms with Crippen LogP contribution in [0.5, 0.6) is 0 Å². The molecular formula is C13H12IN3O3. The highest BCUT2D eigenvalue weighted by atomic mass is 127. The van der Waals surface area contributed by atoms with Crippen molar-refractivity contribution < 1.29 is 4.92 Å². The molecule has 0 radical (unpaired) electrons. The first-order valence-corrected chi connectivity index (χ1v) is 7.03. The van der Waals surface area contributed by atoms with Gasteiger partial charge < -0.3 is 4.98 Å². The van der Waals surface area contributed by atoms with Gasteiger partial charge in [-0.15, -0.1) is 0 Å². The molecule has 1 N–H and O–H groups in total. The largest absolute Gasteiger partial charge is 0.305 e. The third kappa shape index (κ3) is 2.72. The smallest absolute Gasteiger partial charge is 0.280 e. The lowest BCUT2D eigenvalue weighted by Gasteiger charge is -2.09. The van der Waals surface area contributed by atoms with Crippen LogP contribution >= 0.6 is 22.6 Å². The van der Waals surface area contributed by atoms with Gasteiger partial charge in [0.25, 0.3) is 11.2 Å². The molecule has 0 aliphatic carbocycles. The van der Waals surface area contributed by atoms with Crippen LogP contribution in [0.15, 0.2) is 29.1 Å². The molecule has 0 fully saturated rings. The molecule has 0 spiro atoms. The summed E-state index contributed by atoms with van der Waals surface area (Å²) in [5.41, 5.74) is 0.597. The molecule has 6 nitrogen and oxygen atoms in total. The molecule has 0 unspecified atom stereocenters. The van der Waals surface area contributed by atoms with E-state index in [1.54, 1.807) is 18.2 Å². The molecule has 104 valence electrons. The Bertz CT molecular complexity index is 725. The number of nitrogens with zero attached hydrogens (tertiary/aromatic N) is 2. The number of nitro benzene ring substituents is 1. The zero-order valence-corrected chi connectivity index (χ0v) is 13.0. The monoisotopic (exact) mass is 385 g/mol. The first-order chi connectivity index (χ1) is 9.41. The van der Waals surface area contributed by atoms with Gasteiger partial charge in [0.2, 0.25) is 0 Å². The highest BCUT2D eigenvalue weighted by Gasteiger charge is 2.19. The Morgan fingerprint density at radius 2 is 2.00 bits per heavy atom. The summed E-state index contributed by atoms with van der Waals surface area (Å²) in [6, 6.07) is 6.22. The zero-order valence-electron chi connectivity index (χ0n) is 10.9. The van der Waals surface area contributed by atoms with Crippen LogP contribution in [0.1, 0.15) is 25.5 Å². The summed E-state index contributed by atoms with van der Waals surface area (Å²) in [6.07, 6.45) is 0. The fraction of sp³-hybridized carbons (Fsp3) is 0.231. The molecule has 7 heteroatoms. The fourth-order valence-corrected chi connectivity index (χ4v) is 2.70. The Kier molecular flexibility index (Phi) is 4.17. The number of H-pyrrole nitrogens is 1. The Morgan fingerprint density at radius 1 is 1.35 bits per heavy atom. The van der Waals surface area contributed by atoms with Crippen molar-refractivity contribution >= 4 is 28.3 Å². The number of aromatic nitrogens is 2. The third-order valence-electron chi connectivity index (χ3n) is 2.79. The summed E-state index contributed by atoms with van der Waals surface area (Å²) in [5.74, 6) is 0.289. The van der Waals surface area contributed by atoms with Crippen LogP contribution in [0.3, 0.4) is 0 Å². The van der Waals surface area contributed by atoms with Gasteiger partial charge in [0.05, 0.1) is 19.8 Å². The standard InChI is InChI=1S/C13H12IN3O3/c1-7(2)11-10(14)13(18)16-12(15-11)8-5-3-4-6-9(8)17(19)20/h3-7H,1-2H3,(H,15,16,18). The van der Waals surface area contributed by atoms with Gasteiger partial charge in [-0.05, 0) is 34.6 Å². The van der Waals surface area contributed by atoms with Crippen LogP contribution in [0, 0.1) is 13.7 Å². The maximum Gasteiger partial charge on any atom is 0.280 e. The van der Waals surface area contributed by atoms with Crippen molar-refractivity contribution in [3.05, 3.63) is 54.0 Å². The molecule has 0 saturated carbocycles. The van der Waals surface area contributed by atoms with E-state index in [0.717, 1.165) is 0 Å². The zero-order chi connectivity index (χ0) is 14.9. The fourth-order valence-electron chi connectivity index (χ4n) is 1.82. The number of hydrogen-bond donors (Lipinski definition) is 1. The maximum absolute atomic E-state index is 11.9. The van der Waals surface area contributed by atoms with E-state index in [-0.39, 0.29) is 23.0 Å². The van der Waals surface area contributed by atoms with Crippen LogP contribution < -0.4 is 5.56 Å². The van der Waals surface area contributed by atoms with Gasteiger partial charge in [-0.25, -0.2) is 4.98 Å². The SMILES string of the molecule is CC(C)c1nc(-c2ccccc2[N+](=O)[O-])[nH]c(=O)c1I. The summed E-state index contributed by atoms with van der Waals surface area (Å²) in [6.45, 7) is 3.85. The average molecular weight is 385 g/mol. The van der Waals surface area contributed by atoms with E-state index in [1.165, 1.54) is 6.07 Å². The number of nitro groups is 1. The van der Waals surface area contributed by atoms with Crippen LogP contribution in [0.4, 0.5) is 5.69 Å². The van der Waals surface area contributed by atoms with E-state index in [2.05, 4.69) is 9.97 Å². The number of hydrogen-bond acceptors (Lipinski definition) is 4. The van der Waals surface area contributed by atoms with Crippen LogP contribution in [0.25, 0.3) is 11.4 Å². The lowest BCUT2D eigenvalue weighted by atomic mass is 10.1. The lowest BCUT2D eigenvalue weighted by Crippen LogP contribution is -2.17. The number of para-hydroxylation sites is 1. The summed E-state index contributed by atoms with van der Waals surface area (Å²) in [7, 11) is 0. The Morgan fingerprint density at radius 3 is 2.60 bits per heavy atom. The molecule has 2 aromatic rings. The number of nitrogens with one attached hydrogen (secondary N) is 1. The Hall–Kier alpha value is -1.77. The Balaban J connectivity index is 2.71. The third-order valence-corrected chi connectivity index (χ3v) is 3.83. The van der Waals surface area contributed by atoms with Crippen molar-refractivity contribution in [3.8, 4) is 11.4 Å². The molecule has 0 atom stereocenters. The highest BCUT2D eigenvalue weighted by Crippen LogP contribution is 2.27. The van der Waals surface area contributed by atoms with Gasteiger partial charge in [-0.2, -0.15) is 0 Å². The molecule has 0 bridgehead atoms. The van der Waals surface area contributed by atoms with Gasteiger partial charge >= 0.3 is 0 Å². The predicted octanol–water partition coefficient (Wildman–Crippen LogP) is 3.07. The summed E-state index contributed by atoms with van der Waals surface area (Å²) in [4.78, 5) is 29.5. The van der Waals surface area contributed by atoms with Gasteiger partial charge in [0.1, 0.15) is 5.82 Å². The van der Waals surface area contributed by atoms with E-state index < -0.39 is 4.92 Å². The molecule has 2 rings (SSSR count). The number of benzene rings is 1. The van der Waals surface area contributed by atoms with Gasteiger partial charge in [-0.1, -0.05) is 26.0 Å². The molecular weight excluding hydrogens is 373 g/mol. The van der Waals surface area contributed by atoms with Crippen molar-refractivity contribution in [2.75, 3.05) is 0 Å². The minimum absolute atomic E-state index is 0.0609.